The predicted octanol–water partition coefficient (Wildman–Crippen LogP) is 2.46. The average Bonchev–Trinajstić information content (AvgIpc) is 2.67. The summed E-state index contributed by atoms with van der Waals surface area (Å²) in [7, 11) is 1.67. The van der Waals surface area contributed by atoms with Crippen LogP contribution >= 0.6 is 0 Å². The zero-order valence-electron chi connectivity index (χ0n) is 12.7. The molecule has 0 bridgehead atoms. The van der Waals surface area contributed by atoms with E-state index in [1.807, 2.05) is 6.07 Å². The van der Waals surface area contributed by atoms with Gasteiger partial charge in [0.1, 0.15) is 5.75 Å². The molecule has 0 atom stereocenters. The van der Waals surface area contributed by atoms with Gasteiger partial charge in [-0.3, -0.25) is 0 Å². The zero-order valence-corrected chi connectivity index (χ0v) is 12.7. The van der Waals surface area contributed by atoms with E-state index in [0.29, 0.717) is 0 Å². The van der Waals surface area contributed by atoms with Crippen molar-refractivity contribution in [2.24, 2.45) is 0 Å². The highest BCUT2D eigenvalue weighted by atomic mass is 16.5. The third kappa shape index (κ3) is 2.43. The Balaban J connectivity index is 2.72. The lowest BCUT2D eigenvalue weighted by Crippen LogP contribution is -2.14. The lowest BCUT2D eigenvalue weighted by molar-refractivity contribution is 0.399. The van der Waals surface area contributed by atoms with E-state index in [4.69, 9.17) is 16.3 Å². The zero-order chi connectivity index (χ0) is 15.1. The number of rotatable bonds is 2. The first kappa shape index (κ1) is 14.2. The van der Waals surface area contributed by atoms with Crippen LogP contribution in [0.5, 0.6) is 5.75 Å². The Kier molecular flexibility index (Phi) is 3.38. The van der Waals surface area contributed by atoms with Gasteiger partial charge < -0.3 is 16.3 Å². The molecular formula is C15H22N4O. The SMILES string of the molecule is COc1c(-c2cn(N)c(N)n2)cc(C)cc1C(C)(C)C. The highest BCUT2D eigenvalue weighted by Crippen LogP contribution is 2.39. The number of imidazole rings is 1. The fourth-order valence-electron chi connectivity index (χ4n) is 2.28. The predicted molar refractivity (Wildman–Crippen MR) is 82.2 cm³/mol. The van der Waals surface area contributed by atoms with Crippen molar-refractivity contribution in [3.8, 4) is 17.0 Å². The smallest absolute Gasteiger partial charge is 0.219 e. The van der Waals surface area contributed by atoms with Crippen LogP contribution in [-0.4, -0.2) is 16.8 Å². The van der Waals surface area contributed by atoms with Crippen molar-refractivity contribution >= 4 is 5.95 Å². The van der Waals surface area contributed by atoms with E-state index < -0.39 is 0 Å². The molecule has 5 heteroatoms. The number of aromatic nitrogens is 2. The van der Waals surface area contributed by atoms with Crippen LogP contribution in [0.2, 0.25) is 0 Å². The van der Waals surface area contributed by atoms with Gasteiger partial charge in [0, 0.05) is 11.1 Å². The summed E-state index contributed by atoms with van der Waals surface area (Å²) in [6, 6.07) is 4.18. The van der Waals surface area contributed by atoms with Crippen molar-refractivity contribution in [1.82, 2.24) is 9.66 Å². The molecule has 1 aromatic carbocycles. The maximum Gasteiger partial charge on any atom is 0.219 e. The second-order valence-electron chi connectivity index (χ2n) is 6.03. The molecule has 0 saturated heterocycles. The van der Waals surface area contributed by atoms with Crippen LogP contribution in [0.3, 0.4) is 0 Å². The first-order chi connectivity index (χ1) is 9.24. The number of nitrogens with two attached hydrogens (primary N) is 2. The van der Waals surface area contributed by atoms with Crippen LogP contribution in [0, 0.1) is 6.92 Å². The molecule has 2 aromatic rings. The maximum absolute atomic E-state index is 5.72. The topological polar surface area (TPSA) is 79.1 Å². The third-order valence-corrected chi connectivity index (χ3v) is 3.28. The summed E-state index contributed by atoms with van der Waals surface area (Å²) in [4.78, 5) is 4.29. The Morgan fingerprint density at radius 1 is 1.25 bits per heavy atom. The number of nitrogen functional groups attached to an aromatic ring is 2. The Hall–Kier alpha value is -2.17. The van der Waals surface area contributed by atoms with Crippen molar-refractivity contribution in [2.45, 2.75) is 33.1 Å². The molecule has 0 aliphatic rings. The normalized spacial score (nSPS) is 11.7. The highest BCUT2D eigenvalue weighted by Gasteiger charge is 2.23. The van der Waals surface area contributed by atoms with Crippen molar-refractivity contribution in [3.63, 3.8) is 0 Å². The molecule has 4 N–H and O–H groups in total. The quantitative estimate of drug-likeness (QED) is 0.824. The van der Waals surface area contributed by atoms with Gasteiger partial charge in [-0.05, 0) is 24.0 Å². The summed E-state index contributed by atoms with van der Waals surface area (Å²) in [5.41, 5.74) is 9.61. The van der Waals surface area contributed by atoms with Crippen LogP contribution in [-0.2, 0) is 5.41 Å². The number of hydrogen-bond donors (Lipinski definition) is 2. The van der Waals surface area contributed by atoms with Gasteiger partial charge in [0.2, 0.25) is 5.95 Å². The number of aryl methyl sites for hydroxylation is 1. The molecule has 0 radical (unpaired) electrons. The van der Waals surface area contributed by atoms with Crippen LogP contribution in [0.1, 0.15) is 31.9 Å². The molecule has 0 amide bonds. The van der Waals surface area contributed by atoms with Gasteiger partial charge in [0.05, 0.1) is 19.0 Å². The summed E-state index contributed by atoms with van der Waals surface area (Å²) in [6.07, 6.45) is 1.71. The first-order valence-corrected chi connectivity index (χ1v) is 6.53. The minimum Gasteiger partial charge on any atom is -0.496 e. The highest BCUT2D eigenvalue weighted by molar-refractivity contribution is 5.72. The summed E-state index contributed by atoms with van der Waals surface area (Å²) in [5, 5.41) is 0. The second kappa shape index (κ2) is 4.74. The summed E-state index contributed by atoms with van der Waals surface area (Å²) >= 11 is 0. The Morgan fingerprint density at radius 3 is 2.35 bits per heavy atom. The Morgan fingerprint density at radius 2 is 1.90 bits per heavy atom. The largest absolute Gasteiger partial charge is 0.496 e. The molecule has 5 nitrogen and oxygen atoms in total. The van der Waals surface area contributed by atoms with Gasteiger partial charge >= 0.3 is 0 Å². The minimum atomic E-state index is -0.0249. The van der Waals surface area contributed by atoms with Crippen molar-refractivity contribution in [2.75, 3.05) is 18.7 Å². The molecular weight excluding hydrogens is 252 g/mol. The van der Waals surface area contributed by atoms with Crippen molar-refractivity contribution in [1.29, 1.82) is 0 Å². The number of benzene rings is 1. The maximum atomic E-state index is 5.72. The second-order valence-corrected chi connectivity index (χ2v) is 6.03. The number of nitrogens with zero attached hydrogens (tertiary/aromatic N) is 2. The first-order valence-electron chi connectivity index (χ1n) is 6.53. The molecule has 0 saturated carbocycles. The molecule has 108 valence electrons. The van der Waals surface area contributed by atoms with Gasteiger partial charge in [-0.25, -0.2) is 9.66 Å². The van der Waals surface area contributed by atoms with Crippen LogP contribution < -0.4 is 16.3 Å². The number of ether oxygens (including phenoxy) is 1. The summed E-state index contributed by atoms with van der Waals surface area (Å²) in [6.45, 7) is 8.53. The third-order valence-electron chi connectivity index (χ3n) is 3.28. The molecule has 1 aromatic heterocycles. The lowest BCUT2D eigenvalue weighted by Gasteiger charge is -2.24. The van der Waals surface area contributed by atoms with E-state index in [-0.39, 0.29) is 11.4 Å². The van der Waals surface area contributed by atoms with Crippen LogP contribution in [0.25, 0.3) is 11.3 Å². The number of anilines is 1. The van der Waals surface area contributed by atoms with Gasteiger partial charge in [0.25, 0.3) is 0 Å². The van der Waals surface area contributed by atoms with E-state index in [1.165, 1.54) is 4.68 Å². The summed E-state index contributed by atoms with van der Waals surface area (Å²) in [5.74, 6) is 6.82. The molecule has 20 heavy (non-hydrogen) atoms. The molecule has 0 aliphatic carbocycles. The Labute approximate surface area is 119 Å². The van der Waals surface area contributed by atoms with E-state index in [2.05, 4.69) is 38.7 Å². The van der Waals surface area contributed by atoms with E-state index in [1.54, 1.807) is 13.3 Å². The number of methoxy groups -OCH3 is 1. The van der Waals surface area contributed by atoms with Crippen molar-refractivity contribution in [3.05, 3.63) is 29.5 Å². The lowest BCUT2D eigenvalue weighted by atomic mass is 9.83. The molecule has 2 rings (SSSR count). The molecule has 0 spiro atoms. The van der Waals surface area contributed by atoms with Gasteiger partial charge in [0.15, 0.2) is 0 Å². The van der Waals surface area contributed by atoms with E-state index >= 15 is 0 Å². The van der Waals surface area contributed by atoms with E-state index in [9.17, 15) is 0 Å². The monoisotopic (exact) mass is 274 g/mol. The molecule has 0 unspecified atom stereocenters. The standard InChI is InChI=1S/C15H22N4O/c1-9-6-10(12-8-19(17)14(16)18-12)13(20-5)11(7-9)15(2,3)4/h6-8H,17H2,1-5H3,(H2,16,18). The average molecular weight is 274 g/mol. The fraction of sp³-hybridized carbons (Fsp3) is 0.400. The molecule has 1 heterocycles. The van der Waals surface area contributed by atoms with Gasteiger partial charge in [-0.2, -0.15) is 0 Å². The van der Waals surface area contributed by atoms with Crippen LogP contribution in [0.4, 0.5) is 5.95 Å². The minimum absolute atomic E-state index is 0.0249. The Bertz CT molecular complexity index is 619. The van der Waals surface area contributed by atoms with E-state index in [0.717, 1.165) is 28.1 Å². The summed E-state index contributed by atoms with van der Waals surface area (Å²) < 4.78 is 6.94. The number of hydrogen-bond acceptors (Lipinski definition) is 4. The van der Waals surface area contributed by atoms with Crippen LogP contribution in [0.15, 0.2) is 18.3 Å². The van der Waals surface area contributed by atoms with Gasteiger partial charge in [-0.1, -0.05) is 26.8 Å². The fourth-order valence-corrected chi connectivity index (χ4v) is 2.28. The van der Waals surface area contributed by atoms with Crippen molar-refractivity contribution < 1.29 is 4.74 Å². The van der Waals surface area contributed by atoms with Gasteiger partial charge in [-0.15, -0.1) is 0 Å². The molecule has 0 fully saturated rings. The molecule has 0 aliphatic heterocycles.